The van der Waals surface area contributed by atoms with Crippen LogP contribution < -0.4 is 0 Å². The molecule has 0 aromatic carbocycles. The third-order valence-electron chi connectivity index (χ3n) is 3.72. The second-order valence-electron chi connectivity index (χ2n) is 4.58. The Labute approximate surface area is 81.8 Å². The van der Waals surface area contributed by atoms with E-state index >= 15 is 0 Å². The van der Waals surface area contributed by atoms with Gasteiger partial charge in [-0.2, -0.15) is 0 Å². The van der Waals surface area contributed by atoms with Gasteiger partial charge in [-0.05, 0) is 39.2 Å². The summed E-state index contributed by atoms with van der Waals surface area (Å²) < 4.78 is 0. The van der Waals surface area contributed by atoms with Gasteiger partial charge in [-0.3, -0.25) is 4.90 Å². The maximum Gasteiger partial charge on any atom is 0.0132 e. The molecule has 2 aliphatic heterocycles. The summed E-state index contributed by atoms with van der Waals surface area (Å²) in [6.07, 6.45) is 10.7. The van der Waals surface area contributed by atoms with E-state index in [0.29, 0.717) is 0 Å². The van der Waals surface area contributed by atoms with Crippen molar-refractivity contribution in [2.45, 2.75) is 57.5 Å². The van der Waals surface area contributed by atoms with Crippen LogP contribution in [0.1, 0.15) is 45.4 Å². The number of rotatable bonds is 1. The lowest BCUT2D eigenvalue weighted by molar-refractivity contribution is 0.0905. The van der Waals surface area contributed by atoms with Gasteiger partial charge in [-0.15, -0.1) is 0 Å². The minimum Gasteiger partial charge on any atom is -0.300 e. The highest BCUT2D eigenvalue weighted by molar-refractivity contribution is 5.12. The first kappa shape index (κ1) is 9.26. The van der Waals surface area contributed by atoms with E-state index in [9.17, 15) is 0 Å². The Hall–Kier alpha value is -0.300. The first-order valence-electron chi connectivity index (χ1n) is 5.71. The quantitative estimate of drug-likeness (QED) is 0.559. The number of hydrogen-bond donors (Lipinski definition) is 0. The molecule has 13 heavy (non-hydrogen) atoms. The smallest absolute Gasteiger partial charge is 0.0132 e. The maximum atomic E-state index is 2.62. The maximum absolute atomic E-state index is 2.62. The van der Waals surface area contributed by atoms with E-state index in [2.05, 4.69) is 24.9 Å². The van der Waals surface area contributed by atoms with Crippen molar-refractivity contribution >= 4 is 0 Å². The van der Waals surface area contributed by atoms with Gasteiger partial charge >= 0.3 is 0 Å². The molecule has 2 saturated heterocycles. The Morgan fingerprint density at radius 2 is 1.92 bits per heavy atom. The Morgan fingerprint density at radius 3 is 2.46 bits per heavy atom. The van der Waals surface area contributed by atoms with Crippen LogP contribution in [0.5, 0.6) is 0 Å². The molecule has 0 N–H and O–H groups in total. The van der Waals surface area contributed by atoms with Crippen molar-refractivity contribution in [1.82, 2.24) is 4.90 Å². The van der Waals surface area contributed by atoms with Gasteiger partial charge in [-0.25, -0.2) is 0 Å². The van der Waals surface area contributed by atoms with E-state index in [1.165, 1.54) is 38.5 Å². The molecule has 0 radical (unpaired) electrons. The minimum atomic E-state index is 0.866. The summed E-state index contributed by atoms with van der Waals surface area (Å²) in [5, 5.41) is 0. The first-order chi connectivity index (χ1) is 6.31. The Morgan fingerprint density at radius 1 is 1.31 bits per heavy atom. The highest BCUT2D eigenvalue weighted by Gasteiger charge is 2.32. The van der Waals surface area contributed by atoms with Gasteiger partial charge in [0.1, 0.15) is 0 Å². The zero-order chi connectivity index (χ0) is 9.26. The monoisotopic (exact) mass is 179 g/mol. The van der Waals surface area contributed by atoms with Crippen molar-refractivity contribution < 1.29 is 0 Å². The van der Waals surface area contributed by atoms with Crippen molar-refractivity contribution in [3.63, 3.8) is 0 Å². The highest BCUT2D eigenvalue weighted by Crippen LogP contribution is 2.35. The van der Waals surface area contributed by atoms with Crippen LogP contribution in [0.25, 0.3) is 0 Å². The van der Waals surface area contributed by atoms with E-state index < -0.39 is 0 Å². The molecule has 2 rings (SSSR count). The summed E-state index contributed by atoms with van der Waals surface area (Å²) in [5.41, 5.74) is 1.73. The van der Waals surface area contributed by atoms with Crippen molar-refractivity contribution in [1.29, 1.82) is 0 Å². The molecule has 2 unspecified atom stereocenters. The third kappa shape index (κ3) is 1.80. The lowest BCUT2D eigenvalue weighted by Crippen LogP contribution is -2.47. The topological polar surface area (TPSA) is 3.24 Å². The molecule has 2 fully saturated rings. The normalized spacial score (nSPS) is 34.8. The molecule has 2 heterocycles. The molecular formula is C12H21N. The minimum absolute atomic E-state index is 0.866. The van der Waals surface area contributed by atoms with Crippen molar-refractivity contribution in [2.75, 3.05) is 7.05 Å². The van der Waals surface area contributed by atoms with Crippen LogP contribution in [0.3, 0.4) is 0 Å². The molecule has 0 amide bonds. The fourth-order valence-corrected chi connectivity index (χ4v) is 2.93. The van der Waals surface area contributed by atoms with E-state index in [-0.39, 0.29) is 0 Å². The van der Waals surface area contributed by atoms with E-state index in [4.69, 9.17) is 0 Å². The van der Waals surface area contributed by atoms with Crippen molar-refractivity contribution in [3.05, 3.63) is 11.6 Å². The lowest BCUT2D eigenvalue weighted by Gasteiger charge is -2.45. The molecule has 0 aliphatic carbocycles. The molecule has 0 aromatic rings. The molecular weight excluding hydrogens is 158 g/mol. The molecule has 0 aromatic heterocycles. The van der Waals surface area contributed by atoms with Crippen LogP contribution in [0.2, 0.25) is 0 Å². The second kappa shape index (κ2) is 3.83. The van der Waals surface area contributed by atoms with Crippen LogP contribution in [-0.4, -0.2) is 24.0 Å². The van der Waals surface area contributed by atoms with Crippen molar-refractivity contribution in [3.8, 4) is 0 Å². The molecule has 2 bridgehead atoms. The van der Waals surface area contributed by atoms with Crippen LogP contribution in [-0.2, 0) is 0 Å². The number of hydrogen-bond acceptors (Lipinski definition) is 1. The Bertz CT molecular complexity index is 191. The predicted molar refractivity (Wildman–Crippen MR) is 56.8 cm³/mol. The van der Waals surface area contributed by atoms with Gasteiger partial charge in [0.05, 0.1) is 0 Å². The summed E-state index contributed by atoms with van der Waals surface area (Å²) in [4.78, 5) is 2.62. The number of nitrogens with zero attached hydrogens (tertiary/aromatic N) is 1. The first-order valence-corrected chi connectivity index (χ1v) is 5.71. The standard InChI is InChI=1S/C12H21N/c1-3-5-10-8-11-6-4-7-12(9-10)13(11)2/h5,11-12H,3-4,6-9H2,1-2H3. The average molecular weight is 179 g/mol. The number of piperidine rings is 2. The number of allylic oxidation sites excluding steroid dienone is 1. The molecule has 74 valence electrons. The van der Waals surface area contributed by atoms with Gasteiger partial charge in [-0.1, -0.05) is 25.0 Å². The molecule has 0 spiro atoms. The van der Waals surface area contributed by atoms with Gasteiger partial charge in [0.15, 0.2) is 0 Å². The van der Waals surface area contributed by atoms with E-state index in [1.54, 1.807) is 5.57 Å². The Kier molecular flexibility index (Phi) is 2.73. The molecule has 0 saturated carbocycles. The van der Waals surface area contributed by atoms with Gasteiger partial charge < -0.3 is 0 Å². The summed E-state index contributed by atoms with van der Waals surface area (Å²) in [6, 6.07) is 1.73. The predicted octanol–water partition coefficient (Wildman–Crippen LogP) is 2.97. The summed E-state index contributed by atoms with van der Waals surface area (Å²) >= 11 is 0. The Balaban J connectivity index is 2.07. The van der Waals surface area contributed by atoms with Gasteiger partial charge in [0.25, 0.3) is 0 Å². The zero-order valence-corrected chi connectivity index (χ0v) is 8.92. The molecule has 1 heteroatoms. The summed E-state index contributed by atoms with van der Waals surface area (Å²) in [5.74, 6) is 0. The van der Waals surface area contributed by atoms with E-state index in [0.717, 1.165) is 12.1 Å². The fraction of sp³-hybridized carbons (Fsp3) is 0.833. The fourth-order valence-electron chi connectivity index (χ4n) is 2.93. The molecule has 2 atom stereocenters. The van der Waals surface area contributed by atoms with E-state index in [1.807, 2.05) is 0 Å². The largest absolute Gasteiger partial charge is 0.300 e. The SMILES string of the molecule is CCC=C1CC2CCCC(C1)N2C. The second-order valence-corrected chi connectivity index (χ2v) is 4.58. The van der Waals surface area contributed by atoms with Crippen LogP contribution in [0.15, 0.2) is 11.6 Å². The van der Waals surface area contributed by atoms with Gasteiger partial charge in [0.2, 0.25) is 0 Å². The van der Waals surface area contributed by atoms with Crippen LogP contribution in [0, 0.1) is 0 Å². The van der Waals surface area contributed by atoms with Crippen LogP contribution >= 0.6 is 0 Å². The lowest BCUT2D eigenvalue weighted by atomic mass is 9.82. The van der Waals surface area contributed by atoms with Crippen LogP contribution in [0.4, 0.5) is 0 Å². The average Bonchev–Trinajstić information content (AvgIpc) is 2.07. The van der Waals surface area contributed by atoms with Crippen molar-refractivity contribution in [2.24, 2.45) is 0 Å². The highest BCUT2D eigenvalue weighted by atomic mass is 15.2. The number of fused-ring (bicyclic) bond motifs is 2. The third-order valence-corrected chi connectivity index (χ3v) is 3.72. The zero-order valence-electron chi connectivity index (χ0n) is 8.92. The summed E-state index contributed by atoms with van der Waals surface area (Å²) in [7, 11) is 2.32. The summed E-state index contributed by atoms with van der Waals surface area (Å²) in [6.45, 7) is 2.25. The molecule has 1 nitrogen and oxygen atoms in total. The van der Waals surface area contributed by atoms with Gasteiger partial charge in [0, 0.05) is 12.1 Å². The molecule has 2 aliphatic rings.